The van der Waals surface area contributed by atoms with Gasteiger partial charge in [0.05, 0.1) is 5.70 Å². The lowest BCUT2D eigenvalue weighted by Crippen LogP contribution is -2.10. The molecule has 19 heavy (non-hydrogen) atoms. The van der Waals surface area contributed by atoms with E-state index in [0.29, 0.717) is 11.3 Å². The van der Waals surface area contributed by atoms with Gasteiger partial charge in [-0.3, -0.25) is 4.99 Å². The molecule has 0 aromatic carbocycles. The summed E-state index contributed by atoms with van der Waals surface area (Å²) in [5.41, 5.74) is 0.583. The Bertz CT molecular complexity index is 460. The van der Waals surface area contributed by atoms with Crippen molar-refractivity contribution in [2.45, 2.75) is 26.9 Å². The van der Waals surface area contributed by atoms with Gasteiger partial charge in [0.1, 0.15) is 0 Å². The topological polar surface area (TPSA) is 12.4 Å². The fourth-order valence-corrected chi connectivity index (χ4v) is 1.19. The predicted molar refractivity (Wildman–Crippen MR) is 75.2 cm³/mol. The first-order valence-corrected chi connectivity index (χ1v) is 5.67. The Hall–Kier alpha value is -1.84. The molecular weight excluding hydrogens is 251 g/mol. The van der Waals surface area contributed by atoms with Crippen LogP contribution >= 0.6 is 0 Å². The molecule has 0 bridgehead atoms. The predicted octanol–water partition coefficient (Wildman–Crippen LogP) is 5.16. The number of hydrogen-bond donors (Lipinski definition) is 0. The lowest BCUT2D eigenvalue weighted by atomic mass is 10.1. The molecule has 1 nitrogen and oxygen atoms in total. The van der Waals surface area contributed by atoms with Gasteiger partial charge in [-0.1, -0.05) is 37.5 Å². The Morgan fingerprint density at radius 2 is 1.79 bits per heavy atom. The molecule has 0 aliphatic carbocycles. The average Bonchev–Trinajstić information content (AvgIpc) is 2.28. The SMILES string of the molecule is C=C/C(=C\C=C/C)C(=C)N=C(C)/C=C(\C)C(F)(F)F. The maximum absolute atomic E-state index is 12.4. The van der Waals surface area contributed by atoms with Crippen LogP contribution in [0.5, 0.6) is 0 Å². The largest absolute Gasteiger partial charge is 0.412 e. The molecule has 0 aromatic rings. The first-order chi connectivity index (χ1) is 8.72. The summed E-state index contributed by atoms with van der Waals surface area (Å²) < 4.78 is 37.1. The molecule has 0 aromatic heterocycles. The monoisotopic (exact) mass is 269 g/mol. The van der Waals surface area contributed by atoms with Gasteiger partial charge < -0.3 is 0 Å². The number of allylic oxidation sites excluding steroid dienone is 6. The smallest absolute Gasteiger partial charge is 0.254 e. The van der Waals surface area contributed by atoms with Gasteiger partial charge in [-0.15, -0.1) is 0 Å². The van der Waals surface area contributed by atoms with Gasteiger partial charge >= 0.3 is 6.18 Å². The van der Waals surface area contributed by atoms with E-state index < -0.39 is 11.7 Å². The molecule has 0 amide bonds. The average molecular weight is 269 g/mol. The number of hydrogen-bond acceptors (Lipinski definition) is 1. The van der Waals surface area contributed by atoms with E-state index in [4.69, 9.17) is 0 Å². The molecule has 0 atom stereocenters. The Labute approximate surface area is 112 Å². The van der Waals surface area contributed by atoms with Crippen LogP contribution in [0, 0.1) is 0 Å². The minimum atomic E-state index is -4.33. The van der Waals surface area contributed by atoms with Crippen molar-refractivity contribution >= 4 is 5.71 Å². The van der Waals surface area contributed by atoms with Gasteiger partial charge in [0.25, 0.3) is 0 Å². The number of nitrogens with zero attached hydrogens (tertiary/aromatic N) is 1. The highest BCUT2D eigenvalue weighted by atomic mass is 19.4. The van der Waals surface area contributed by atoms with Gasteiger partial charge in [-0.2, -0.15) is 13.2 Å². The lowest BCUT2D eigenvalue weighted by molar-refractivity contribution is -0.0912. The van der Waals surface area contributed by atoms with Crippen molar-refractivity contribution < 1.29 is 13.2 Å². The highest BCUT2D eigenvalue weighted by molar-refractivity contribution is 5.94. The molecule has 0 saturated heterocycles. The van der Waals surface area contributed by atoms with Crippen LogP contribution < -0.4 is 0 Å². The third-order valence-electron chi connectivity index (χ3n) is 2.21. The zero-order valence-electron chi connectivity index (χ0n) is 11.4. The Morgan fingerprint density at radius 3 is 2.21 bits per heavy atom. The van der Waals surface area contributed by atoms with Crippen molar-refractivity contribution in [3.8, 4) is 0 Å². The van der Waals surface area contributed by atoms with E-state index >= 15 is 0 Å². The molecule has 0 spiro atoms. The first-order valence-electron chi connectivity index (χ1n) is 5.67. The van der Waals surface area contributed by atoms with Crippen LogP contribution in [0.1, 0.15) is 20.8 Å². The fourth-order valence-electron chi connectivity index (χ4n) is 1.19. The Balaban J connectivity index is 5.15. The summed E-state index contributed by atoms with van der Waals surface area (Å²) in [6.07, 6.45) is 3.55. The van der Waals surface area contributed by atoms with Crippen molar-refractivity contribution in [2.75, 3.05) is 0 Å². The minimum absolute atomic E-state index is 0.244. The second kappa shape index (κ2) is 7.56. The van der Waals surface area contributed by atoms with Gasteiger partial charge in [0.2, 0.25) is 0 Å². The van der Waals surface area contributed by atoms with Crippen LogP contribution in [0.15, 0.2) is 65.4 Å². The third-order valence-corrected chi connectivity index (χ3v) is 2.21. The fraction of sp³-hybridized carbons (Fsp3) is 0.267. The van der Waals surface area contributed by atoms with Crippen LogP contribution in [0.2, 0.25) is 0 Å². The van der Waals surface area contributed by atoms with E-state index in [1.54, 1.807) is 18.2 Å². The summed E-state index contributed by atoms with van der Waals surface area (Å²) in [6, 6.07) is 0. The molecule has 0 N–H and O–H groups in total. The van der Waals surface area contributed by atoms with Crippen LogP contribution in [-0.2, 0) is 0 Å². The summed E-state index contributed by atoms with van der Waals surface area (Å²) in [4.78, 5) is 4.03. The zero-order valence-corrected chi connectivity index (χ0v) is 11.4. The van der Waals surface area contributed by atoms with Crippen LogP contribution in [0.25, 0.3) is 0 Å². The van der Waals surface area contributed by atoms with E-state index in [0.717, 1.165) is 13.0 Å². The molecule has 0 saturated carbocycles. The molecule has 104 valence electrons. The summed E-state index contributed by atoms with van der Waals surface area (Å²) in [7, 11) is 0. The molecule has 0 aliphatic rings. The second-order valence-electron chi connectivity index (χ2n) is 3.88. The standard InChI is InChI=1S/C15H18F3N/c1-6-8-9-14(7-2)13(5)19-12(4)10-11(3)15(16,17)18/h6-10H,2,5H2,1,3-4H3/b8-6-,11-10+,14-9+,19-12?. The molecular formula is C15H18F3N. The summed E-state index contributed by atoms with van der Waals surface area (Å²) in [6.45, 7) is 11.7. The highest BCUT2D eigenvalue weighted by Crippen LogP contribution is 2.24. The van der Waals surface area contributed by atoms with Crippen molar-refractivity contribution in [1.29, 1.82) is 0 Å². The molecule has 0 heterocycles. The van der Waals surface area contributed by atoms with Crippen molar-refractivity contribution in [3.63, 3.8) is 0 Å². The van der Waals surface area contributed by atoms with Crippen LogP contribution in [0.4, 0.5) is 13.2 Å². The number of rotatable bonds is 5. The quantitative estimate of drug-likeness (QED) is 0.483. The molecule has 0 rings (SSSR count). The number of halogens is 3. The summed E-state index contributed by atoms with van der Waals surface area (Å²) >= 11 is 0. The number of alkyl halides is 3. The van der Waals surface area contributed by atoms with Gasteiger partial charge in [0.15, 0.2) is 0 Å². The molecule has 0 radical (unpaired) electrons. The van der Waals surface area contributed by atoms with Crippen LogP contribution in [-0.4, -0.2) is 11.9 Å². The number of aliphatic imine (C=N–C) groups is 1. The lowest BCUT2D eigenvalue weighted by Gasteiger charge is -2.06. The summed E-state index contributed by atoms with van der Waals surface area (Å²) in [5.74, 6) is 0. The van der Waals surface area contributed by atoms with E-state index in [1.165, 1.54) is 6.92 Å². The van der Waals surface area contributed by atoms with Gasteiger partial charge in [-0.05, 0) is 32.4 Å². The second-order valence-corrected chi connectivity index (χ2v) is 3.88. The summed E-state index contributed by atoms with van der Waals surface area (Å²) in [5, 5.41) is 0. The van der Waals surface area contributed by atoms with E-state index in [2.05, 4.69) is 18.2 Å². The van der Waals surface area contributed by atoms with E-state index in [1.807, 2.05) is 13.0 Å². The minimum Gasteiger partial charge on any atom is -0.254 e. The normalized spacial score (nSPS) is 14.9. The van der Waals surface area contributed by atoms with Crippen molar-refractivity contribution in [1.82, 2.24) is 0 Å². The molecule has 0 aliphatic heterocycles. The van der Waals surface area contributed by atoms with Crippen molar-refractivity contribution in [2.24, 2.45) is 4.99 Å². The zero-order chi connectivity index (χ0) is 15.1. The molecule has 0 unspecified atom stereocenters. The maximum Gasteiger partial charge on any atom is 0.412 e. The van der Waals surface area contributed by atoms with Crippen molar-refractivity contribution in [3.05, 3.63) is 60.4 Å². The molecule has 0 fully saturated rings. The van der Waals surface area contributed by atoms with Gasteiger partial charge in [-0.25, -0.2) is 0 Å². The third kappa shape index (κ3) is 6.60. The highest BCUT2D eigenvalue weighted by Gasteiger charge is 2.29. The Kier molecular flexibility index (Phi) is 6.83. The van der Waals surface area contributed by atoms with E-state index in [9.17, 15) is 13.2 Å². The Morgan fingerprint density at radius 1 is 1.21 bits per heavy atom. The van der Waals surface area contributed by atoms with Gasteiger partial charge in [0, 0.05) is 11.3 Å². The molecule has 4 heteroatoms. The van der Waals surface area contributed by atoms with E-state index in [-0.39, 0.29) is 5.71 Å². The van der Waals surface area contributed by atoms with Crippen LogP contribution in [0.3, 0.4) is 0 Å². The maximum atomic E-state index is 12.4. The first kappa shape index (κ1) is 17.2.